The van der Waals surface area contributed by atoms with Crippen LogP contribution in [0.25, 0.3) is 0 Å². The Bertz CT molecular complexity index is 204. The van der Waals surface area contributed by atoms with E-state index in [2.05, 4.69) is 30.4 Å². The molecule has 0 spiro atoms. The van der Waals surface area contributed by atoms with E-state index in [9.17, 15) is 0 Å². The van der Waals surface area contributed by atoms with Gasteiger partial charge in [-0.1, -0.05) is 42.5 Å². The highest BCUT2D eigenvalue weighted by Crippen LogP contribution is 2.00. The van der Waals surface area contributed by atoms with Gasteiger partial charge in [0.25, 0.3) is 0 Å². The van der Waals surface area contributed by atoms with E-state index in [1.54, 1.807) is 0 Å². The van der Waals surface area contributed by atoms with Crippen LogP contribution in [0, 0.1) is 6.08 Å². The Hall–Kier alpha value is -1.04. The maximum absolute atomic E-state index is 3.10. The molecular weight excluding hydrogens is 144 g/mol. The van der Waals surface area contributed by atoms with E-state index < -0.39 is 0 Å². The van der Waals surface area contributed by atoms with Crippen LogP contribution in [-0.4, -0.2) is 0 Å². The van der Waals surface area contributed by atoms with Crippen molar-refractivity contribution in [3.05, 3.63) is 48.6 Å². The molecule has 0 N–H and O–H groups in total. The van der Waals surface area contributed by atoms with Crippen molar-refractivity contribution < 1.29 is 0 Å². The van der Waals surface area contributed by atoms with Crippen molar-refractivity contribution >= 4 is 0 Å². The van der Waals surface area contributed by atoms with Gasteiger partial charge < -0.3 is 0 Å². The quantitative estimate of drug-likeness (QED) is 0.474. The molecule has 1 aliphatic carbocycles. The Kier molecular flexibility index (Phi) is 5.02. The van der Waals surface area contributed by atoms with Crippen LogP contribution in [-0.2, 0) is 0 Å². The van der Waals surface area contributed by atoms with Gasteiger partial charge in [0.15, 0.2) is 0 Å². The van der Waals surface area contributed by atoms with Crippen LogP contribution in [0.3, 0.4) is 0 Å². The van der Waals surface area contributed by atoms with Gasteiger partial charge in [0.2, 0.25) is 0 Å². The van der Waals surface area contributed by atoms with E-state index in [0.717, 1.165) is 6.42 Å². The van der Waals surface area contributed by atoms with Gasteiger partial charge >= 0.3 is 0 Å². The standard InChI is InChI=1S/C12H15/c1-2-4-6-8-10-12-11-9-7-5-3-1/h1-4,8,11-12H,5,7,9-10H2/b3-1+,4-2+,8-6?,12-11-. The van der Waals surface area contributed by atoms with E-state index in [4.69, 9.17) is 0 Å². The molecule has 0 saturated heterocycles. The molecule has 0 saturated carbocycles. The maximum Gasteiger partial charge on any atom is -0.0160 e. The van der Waals surface area contributed by atoms with Crippen molar-refractivity contribution in [1.82, 2.24) is 0 Å². The zero-order chi connectivity index (χ0) is 8.49. The fraction of sp³-hybridized carbons (Fsp3) is 0.333. The average molecular weight is 159 g/mol. The molecular formula is C12H15. The maximum atomic E-state index is 3.10. The Morgan fingerprint density at radius 1 is 0.917 bits per heavy atom. The van der Waals surface area contributed by atoms with Gasteiger partial charge in [-0.25, -0.2) is 0 Å². The van der Waals surface area contributed by atoms with Crippen molar-refractivity contribution in [3.8, 4) is 0 Å². The summed E-state index contributed by atoms with van der Waals surface area (Å²) in [5, 5.41) is 0. The summed E-state index contributed by atoms with van der Waals surface area (Å²) < 4.78 is 0. The van der Waals surface area contributed by atoms with Crippen LogP contribution in [0.4, 0.5) is 0 Å². The second-order valence-electron chi connectivity index (χ2n) is 2.80. The van der Waals surface area contributed by atoms with Gasteiger partial charge in [0, 0.05) is 0 Å². The first-order valence-corrected chi connectivity index (χ1v) is 4.54. The molecule has 63 valence electrons. The molecule has 0 atom stereocenters. The molecule has 0 aromatic rings. The Balaban J connectivity index is 2.42. The zero-order valence-electron chi connectivity index (χ0n) is 7.37. The topological polar surface area (TPSA) is 0 Å². The number of allylic oxidation sites excluding steroid dienone is 8. The van der Waals surface area contributed by atoms with Crippen molar-refractivity contribution in [2.24, 2.45) is 0 Å². The van der Waals surface area contributed by atoms with Crippen LogP contribution < -0.4 is 0 Å². The number of hydrogen-bond donors (Lipinski definition) is 0. The summed E-state index contributed by atoms with van der Waals surface area (Å²) in [6, 6.07) is 0. The minimum absolute atomic E-state index is 1.01. The number of rotatable bonds is 0. The lowest BCUT2D eigenvalue weighted by Crippen LogP contribution is -1.70. The third kappa shape index (κ3) is 4.73. The van der Waals surface area contributed by atoms with E-state index in [1.807, 2.05) is 18.2 Å². The molecule has 0 fully saturated rings. The molecule has 0 aromatic heterocycles. The predicted octanol–water partition coefficient (Wildman–Crippen LogP) is 3.59. The summed E-state index contributed by atoms with van der Waals surface area (Å²) in [7, 11) is 0. The van der Waals surface area contributed by atoms with Crippen LogP contribution >= 0.6 is 0 Å². The summed E-state index contributed by atoms with van der Waals surface area (Å²) in [5.74, 6) is 0. The minimum Gasteiger partial charge on any atom is -0.0882 e. The van der Waals surface area contributed by atoms with E-state index in [1.165, 1.54) is 19.3 Å². The summed E-state index contributed by atoms with van der Waals surface area (Å²) in [4.78, 5) is 0. The summed E-state index contributed by atoms with van der Waals surface area (Å²) in [5.41, 5.74) is 0. The molecule has 0 bridgehead atoms. The minimum atomic E-state index is 1.01. The first-order valence-electron chi connectivity index (χ1n) is 4.54. The van der Waals surface area contributed by atoms with Crippen molar-refractivity contribution in [3.63, 3.8) is 0 Å². The first-order chi connectivity index (χ1) is 6.00. The molecule has 0 amide bonds. The molecule has 0 aromatic carbocycles. The lowest BCUT2D eigenvalue weighted by Gasteiger charge is -1.90. The zero-order valence-corrected chi connectivity index (χ0v) is 7.37. The summed E-state index contributed by atoms with van der Waals surface area (Å²) >= 11 is 0. The van der Waals surface area contributed by atoms with Crippen LogP contribution in [0.1, 0.15) is 25.7 Å². The second-order valence-corrected chi connectivity index (χ2v) is 2.80. The van der Waals surface area contributed by atoms with Crippen molar-refractivity contribution in [2.75, 3.05) is 0 Å². The van der Waals surface area contributed by atoms with E-state index in [0.29, 0.717) is 0 Å². The Morgan fingerprint density at radius 3 is 2.83 bits per heavy atom. The van der Waals surface area contributed by atoms with Crippen LogP contribution in [0.15, 0.2) is 42.5 Å². The van der Waals surface area contributed by atoms with Gasteiger partial charge in [0.1, 0.15) is 0 Å². The lowest BCUT2D eigenvalue weighted by molar-refractivity contribution is 0.866. The smallest absolute Gasteiger partial charge is 0.0160 e. The van der Waals surface area contributed by atoms with Gasteiger partial charge in [-0.05, 0) is 31.8 Å². The fourth-order valence-electron chi connectivity index (χ4n) is 1.06. The fourth-order valence-corrected chi connectivity index (χ4v) is 1.06. The Morgan fingerprint density at radius 2 is 1.83 bits per heavy atom. The number of hydrogen-bond acceptors (Lipinski definition) is 0. The molecule has 0 heteroatoms. The Labute approximate surface area is 75.0 Å². The molecule has 0 heterocycles. The highest BCUT2D eigenvalue weighted by Gasteiger charge is 1.80. The SMILES string of the molecule is [C]1=C\C/C=C\CCC/C=C/C=C/1. The van der Waals surface area contributed by atoms with E-state index >= 15 is 0 Å². The highest BCUT2D eigenvalue weighted by atomic mass is 13.9. The molecule has 0 aliphatic heterocycles. The van der Waals surface area contributed by atoms with Crippen LogP contribution in [0.5, 0.6) is 0 Å². The second kappa shape index (κ2) is 6.66. The third-order valence-electron chi connectivity index (χ3n) is 1.72. The van der Waals surface area contributed by atoms with Gasteiger partial charge in [0.05, 0.1) is 0 Å². The first kappa shape index (κ1) is 9.05. The highest BCUT2D eigenvalue weighted by molar-refractivity contribution is 5.08. The summed E-state index contributed by atoms with van der Waals surface area (Å²) in [6.07, 6.45) is 22.5. The average Bonchev–Trinajstić information content (AvgIpc) is 2.05. The van der Waals surface area contributed by atoms with Crippen molar-refractivity contribution in [1.29, 1.82) is 0 Å². The largest absolute Gasteiger partial charge is 0.0882 e. The molecule has 1 radical (unpaired) electrons. The van der Waals surface area contributed by atoms with E-state index in [-0.39, 0.29) is 0 Å². The van der Waals surface area contributed by atoms with Gasteiger partial charge in [-0.15, -0.1) is 0 Å². The monoisotopic (exact) mass is 159 g/mol. The normalized spacial score (nSPS) is 29.3. The molecule has 0 unspecified atom stereocenters. The predicted molar refractivity (Wildman–Crippen MR) is 53.7 cm³/mol. The molecule has 0 nitrogen and oxygen atoms in total. The van der Waals surface area contributed by atoms with Crippen molar-refractivity contribution in [2.45, 2.75) is 25.7 Å². The van der Waals surface area contributed by atoms with Gasteiger partial charge in [-0.2, -0.15) is 0 Å². The molecule has 1 aliphatic rings. The molecule has 12 heavy (non-hydrogen) atoms. The summed E-state index contributed by atoms with van der Waals surface area (Å²) in [6.45, 7) is 0. The lowest BCUT2D eigenvalue weighted by atomic mass is 10.2. The van der Waals surface area contributed by atoms with Crippen LogP contribution in [0.2, 0.25) is 0 Å². The van der Waals surface area contributed by atoms with Gasteiger partial charge in [-0.3, -0.25) is 0 Å². The third-order valence-corrected chi connectivity index (χ3v) is 1.72. The molecule has 1 rings (SSSR count).